The van der Waals surface area contributed by atoms with E-state index in [0.717, 1.165) is 25.1 Å². The number of unbranched alkanes of at least 4 members (excludes halogenated alkanes) is 1. The van der Waals surface area contributed by atoms with E-state index in [2.05, 4.69) is 22.2 Å². The molecule has 0 radical (unpaired) electrons. The minimum Gasteiger partial charge on any atom is -0.301 e. The molecule has 0 saturated heterocycles. The molecule has 1 amide bonds. The number of hydrazine groups is 1. The third-order valence-corrected chi connectivity index (χ3v) is 2.58. The number of amides is 1. The lowest BCUT2D eigenvalue weighted by Gasteiger charge is -2.17. The smallest absolute Gasteiger partial charge is 0.267 e. The van der Waals surface area contributed by atoms with Crippen LogP contribution in [0.5, 0.6) is 0 Å². The number of hydrogen-bond donors (Lipinski definition) is 2. The molecule has 1 aromatic rings. The first kappa shape index (κ1) is 13.6. The van der Waals surface area contributed by atoms with Crippen LogP contribution in [-0.4, -0.2) is 29.4 Å². The van der Waals surface area contributed by atoms with E-state index < -0.39 is 0 Å². The van der Waals surface area contributed by atoms with Crippen molar-refractivity contribution in [2.75, 3.05) is 13.6 Å². The Morgan fingerprint density at radius 1 is 1.59 bits per heavy atom. The Hall–Kier alpha value is -1.46. The van der Waals surface area contributed by atoms with Crippen molar-refractivity contribution in [3.63, 3.8) is 0 Å². The van der Waals surface area contributed by atoms with Crippen LogP contribution in [0.2, 0.25) is 0 Å². The summed E-state index contributed by atoms with van der Waals surface area (Å²) < 4.78 is 0. The summed E-state index contributed by atoms with van der Waals surface area (Å²) in [5.41, 5.74) is 3.44. The van der Waals surface area contributed by atoms with Crippen LogP contribution in [0.15, 0.2) is 18.3 Å². The van der Waals surface area contributed by atoms with Crippen LogP contribution >= 0.6 is 0 Å². The second kappa shape index (κ2) is 6.98. The highest BCUT2D eigenvalue weighted by atomic mass is 16.2. The summed E-state index contributed by atoms with van der Waals surface area (Å²) in [5.74, 6) is 4.85. The molecule has 0 bridgehead atoms. The van der Waals surface area contributed by atoms with Gasteiger partial charge in [0.05, 0.1) is 11.3 Å². The van der Waals surface area contributed by atoms with Crippen molar-refractivity contribution in [2.45, 2.75) is 26.3 Å². The van der Waals surface area contributed by atoms with E-state index in [-0.39, 0.29) is 5.91 Å². The highest BCUT2D eigenvalue weighted by Gasteiger charge is 2.12. The van der Waals surface area contributed by atoms with E-state index in [1.807, 2.05) is 7.05 Å². The summed E-state index contributed by atoms with van der Waals surface area (Å²) in [4.78, 5) is 17.9. The van der Waals surface area contributed by atoms with Crippen LogP contribution in [0.3, 0.4) is 0 Å². The maximum absolute atomic E-state index is 11.5. The normalized spacial score (nSPS) is 10.6. The minimum atomic E-state index is -0.294. The van der Waals surface area contributed by atoms with Crippen molar-refractivity contribution < 1.29 is 4.79 Å². The van der Waals surface area contributed by atoms with E-state index in [1.54, 1.807) is 18.3 Å². The van der Waals surface area contributed by atoms with Crippen molar-refractivity contribution in [3.8, 4) is 0 Å². The molecule has 5 heteroatoms. The van der Waals surface area contributed by atoms with Gasteiger partial charge in [-0.3, -0.25) is 15.2 Å². The van der Waals surface area contributed by atoms with Gasteiger partial charge in [-0.25, -0.2) is 5.84 Å². The molecule has 0 unspecified atom stereocenters. The molecule has 1 heterocycles. The second-order valence-electron chi connectivity index (χ2n) is 4.06. The fraction of sp³-hybridized carbons (Fsp3) is 0.500. The molecule has 0 atom stereocenters. The van der Waals surface area contributed by atoms with Crippen molar-refractivity contribution >= 4 is 5.91 Å². The summed E-state index contributed by atoms with van der Waals surface area (Å²) in [6, 6.07) is 3.47. The summed E-state index contributed by atoms with van der Waals surface area (Å²) in [7, 11) is 2.02. The highest BCUT2D eigenvalue weighted by Crippen LogP contribution is 2.08. The number of nitrogens with two attached hydrogens (primary N) is 1. The van der Waals surface area contributed by atoms with E-state index >= 15 is 0 Å². The van der Waals surface area contributed by atoms with Gasteiger partial charge in [-0.05, 0) is 32.1 Å². The summed E-state index contributed by atoms with van der Waals surface area (Å²) in [6.45, 7) is 3.81. The van der Waals surface area contributed by atoms with Crippen molar-refractivity contribution in [1.82, 2.24) is 15.3 Å². The third-order valence-electron chi connectivity index (χ3n) is 2.58. The summed E-state index contributed by atoms with van der Waals surface area (Å²) in [6.07, 6.45) is 3.99. The van der Waals surface area contributed by atoms with Crippen LogP contribution < -0.4 is 11.3 Å². The molecular formula is C12H20N4O. The number of carbonyl (C=O) groups is 1. The van der Waals surface area contributed by atoms with Crippen LogP contribution in [-0.2, 0) is 6.54 Å². The Morgan fingerprint density at radius 2 is 2.35 bits per heavy atom. The molecule has 0 aliphatic carbocycles. The molecule has 94 valence electrons. The number of nitrogens with zero attached hydrogens (tertiary/aromatic N) is 2. The zero-order valence-electron chi connectivity index (χ0n) is 10.4. The first-order valence-corrected chi connectivity index (χ1v) is 5.82. The first-order valence-electron chi connectivity index (χ1n) is 5.82. The van der Waals surface area contributed by atoms with Crippen molar-refractivity contribution in [2.24, 2.45) is 5.84 Å². The quantitative estimate of drug-likeness (QED) is 0.437. The SMILES string of the molecule is CCCCN(C)Cc1ncccc1C(=O)NN. The number of carbonyl (C=O) groups excluding carboxylic acids is 1. The van der Waals surface area contributed by atoms with E-state index in [9.17, 15) is 4.79 Å². The predicted octanol–water partition coefficient (Wildman–Crippen LogP) is 0.917. The molecule has 1 aromatic heterocycles. The van der Waals surface area contributed by atoms with Gasteiger partial charge >= 0.3 is 0 Å². The van der Waals surface area contributed by atoms with Gasteiger partial charge in [-0.15, -0.1) is 0 Å². The minimum absolute atomic E-state index is 0.294. The Labute approximate surface area is 102 Å². The number of hydrogen-bond acceptors (Lipinski definition) is 4. The topological polar surface area (TPSA) is 71.2 Å². The van der Waals surface area contributed by atoms with Gasteiger partial charge in [0.25, 0.3) is 5.91 Å². The molecule has 0 aliphatic rings. The van der Waals surface area contributed by atoms with E-state index in [0.29, 0.717) is 12.1 Å². The van der Waals surface area contributed by atoms with E-state index in [1.165, 1.54) is 0 Å². The second-order valence-corrected chi connectivity index (χ2v) is 4.06. The Balaban J connectivity index is 2.73. The van der Waals surface area contributed by atoms with Gasteiger partial charge in [0.2, 0.25) is 0 Å². The number of nitrogen functional groups attached to an aromatic ring is 1. The Bertz CT molecular complexity index is 367. The Morgan fingerprint density at radius 3 is 3.00 bits per heavy atom. The van der Waals surface area contributed by atoms with Crippen LogP contribution in [0, 0.1) is 0 Å². The molecule has 0 aromatic carbocycles. The molecule has 5 nitrogen and oxygen atoms in total. The average Bonchev–Trinajstić information content (AvgIpc) is 2.36. The number of nitrogens with one attached hydrogen (secondary N) is 1. The zero-order chi connectivity index (χ0) is 12.7. The van der Waals surface area contributed by atoms with Gasteiger partial charge in [-0.1, -0.05) is 13.3 Å². The molecule has 0 saturated carbocycles. The standard InChI is InChI=1S/C12H20N4O/c1-3-4-8-16(2)9-11-10(12(17)15-13)6-5-7-14-11/h5-7H,3-4,8-9,13H2,1-2H3,(H,15,17). The number of rotatable bonds is 6. The summed E-state index contributed by atoms with van der Waals surface area (Å²) >= 11 is 0. The van der Waals surface area contributed by atoms with Crippen LogP contribution in [0.1, 0.15) is 35.8 Å². The van der Waals surface area contributed by atoms with E-state index in [4.69, 9.17) is 5.84 Å². The maximum Gasteiger partial charge on any atom is 0.267 e. The van der Waals surface area contributed by atoms with Gasteiger partial charge < -0.3 is 4.90 Å². The third kappa shape index (κ3) is 4.13. The zero-order valence-corrected chi connectivity index (χ0v) is 10.4. The molecule has 0 fully saturated rings. The van der Waals surface area contributed by atoms with Crippen molar-refractivity contribution in [3.05, 3.63) is 29.6 Å². The lowest BCUT2D eigenvalue weighted by molar-refractivity contribution is 0.0951. The molecule has 17 heavy (non-hydrogen) atoms. The molecular weight excluding hydrogens is 216 g/mol. The predicted molar refractivity (Wildman–Crippen MR) is 67.1 cm³/mol. The average molecular weight is 236 g/mol. The lowest BCUT2D eigenvalue weighted by atomic mass is 10.1. The number of aromatic nitrogens is 1. The fourth-order valence-corrected chi connectivity index (χ4v) is 1.61. The van der Waals surface area contributed by atoms with Gasteiger partial charge in [0.15, 0.2) is 0 Å². The molecule has 0 spiro atoms. The first-order chi connectivity index (χ1) is 8.19. The molecule has 3 N–H and O–H groups in total. The molecule has 0 aliphatic heterocycles. The van der Waals surface area contributed by atoms with Gasteiger partial charge in [0, 0.05) is 12.7 Å². The summed E-state index contributed by atoms with van der Waals surface area (Å²) in [5, 5.41) is 0. The van der Waals surface area contributed by atoms with Crippen LogP contribution in [0.25, 0.3) is 0 Å². The Kier molecular flexibility index (Phi) is 5.59. The largest absolute Gasteiger partial charge is 0.301 e. The van der Waals surface area contributed by atoms with Gasteiger partial charge in [0.1, 0.15) is 0 Å². The molecule has 1 rings (SSSR count). The lowest BCUT2D eigenvalue weighted by Crippen LogP contribution is -2.32. The van der Waals surface area contributed by atoms with Crippen LogP contribution in [0.4, 0.5) is 0 Å². The fourth-order valence-electron chi connectivity index (χ4n) is 1.61. The number of pyridine rings is 1. The monoisotopic (exact) mass is 236 g/mol. The highest BCUT2D eigenvalue weighted by molar-refractivity contribution is 5.94. The maximum atomic E-state index is 11.5. The van der Waals surface area contributed by atoms with Gasteiger partial charge in [-0.2, -0.15) is 0 Å². The van der Waals surface area contributed by atoms with Crippen molar-refractivity contribution in [1.29, 1.82) is 0 Å².